The van der Waals surface area contributed by atoms with E-state index in [1.165, 1.54) is 0 Å². The van der Waals surface area contributed by atoms with Crippen LogP contribution in [0.1, 0.15) is 24.5 Å². The Bertz CT molecular complexity index is 875. The van der Waals surface area contributed by atoms with Crippen molar-refractivity contribution < 1.29 is 8.83 Å². The van der Waals surface area contributed by atoms with Gasteiger partial charge in [-0.1, -0.05) is 11.6 Å². The predicted octanol–water partition coefficient (Wildman–Crippen LogP) is 4.02. The zero-order chi connectivity index (χ0) is 17.9. The monoisotopic (exact) mass is 388 g/mol. The average Bonchev–Trinajstić information content (AvgIpc) is 3.16. The van der Waals surface area contributed by atoms with Gasteiger partial charge in [-0.3, -0.25) is 0 Å². The molecule has 0 atom stereocenters. The summed E-state index contributed by atoms with van der Waals surface area (Å²) >= 11 is 11.5. The fourth-order valence-electron chi connectivity index (χ4n) is 2.60. The van der Waals surface area contributed by atoms with E-state index in [2.05, 4.69) is 20.4 Å². The van der Waals surface area contributed by atoms with Crippen molar-refractivity contribution in [3.63, 3.8) is 0 Å². The summed E-state index contributed by atoms with van der Waals surface area (Å²) in [6, 6.07) is 11.5. The highest BCUT2D eigenvalue weighted by Gasteiger charge is 2.32. The van der Waals surface area contributed by atoms with Crippen molar-refractivity contribution in [3.05, 3.63) is 59.3 Å². The molecule has 0 radical (unpaired) electrons. The van der Waals surface area contributed by atoms with E-state index in [0.29, 0.717) is 41.0 Å². The van der Waals surface area contributed by atoms with Gasteiger partial charge in [-0.05, 0) is 61.5 Å². The molecular weight excluding hydrogens is 372 g/mol. The molecule has 0 aliphatic heterocycles. The first-order valence-electron chi connectivity index (χ1n) is 8.34. The van der Waals surface area contributed by atoms with E-state index in [-0.39, 0.29) is 0 Å². The van der Waals surface area contributed by atoms with E-state index in [1.54, 1.807) is 18.4 Å². The molecule has 1 aliphatic rings. The standard InChI is InChI=1S/C18H17ClN4O2S/c19-13-5-3-12(4-6-13)17-22-21-16(25-17)11-23(14-7-8-14)18(26)20-10-15-2-1-9-24-15/h1-6,9,14H,7-8,10-11H2,(H,20,26). The first kappa shape index (κ1) is 17.1. The van der Waals surface area contributed by atoms with E-state index in [4.69, 9.17) is 32.7 Å². The molecule has 1 aliphatic carbocycles. The molecule has 6 nitrogen and oxygen atoms in total. The maximum Gasteiger partial charge on any atom is 0.247 e. The third kappa shape index (κ3) is 4.05. The summed E-state index contributed by atoms with van der Waals surface area (Å²) in [5.41, 5.74) is 0.838. The Morgan fingerprint density at radius 3 is 2.73 bits per heavy atom. The van der Waals surface area contributed by atoms with Crippen molar-refractivity contribution >= 4 is 28.9 Å². The third-order valence-corrected chi connectivity index (χ3v) is 4.74. The number of rotatable bonds is 6. The summed E-state index contributed by atoms with van der Waals surface area (Å²) in [6.45, 7) is 1.03. The quantitative estimate of drug-likeness (QED) is 0.639. The highest BCUT2D eigenvalue weighted by molar-refractivity contribution is 7.80. The summed E-state index contributed by atoms with van der Waals surface area (Å²) in [6.07, 6.45) is 3.87. The number of benzene rings is 1. The van der Waals surface area contributed by atoms with Crippen LogP contribution in [0.5, 0.6) is 0 Å². The van der Waals surface area contributed by atoms with Crippen LogP contribution in [0.2, 0.25) is 5.02 Å². The van der Waals surface area contributed by atoms with Gasteiger partial charge >= 0.3 is 0 Å². The molecule has 1 N–H and O–H groups in total. The Balaban J connectivity index is 1.42. The summed E-state index contributed by atoms with van der Waals surface area (Å²) in [7, 11) is 0. The minimum absolute atomic E-state index is 0.414. The van der Waals surface area contributed by atoms with Gasteiger partial charge in [0.1, 0.15) is 5.76 Å². The van der Waals surface area contributed by atoms with Gasteiger partial charge in [0.2, 0.25) is 11.8 Å². The Labute approximate surface area is 161 Å². The number of furan rings is 1. The molecule has 4 rings (SSSR count). The van der Waals surface area contributed by atoms with Crippen LogP contribution in [0.15, 0.2) is 51.5 Å². The van der Waals surface area contributed by atoms with E-state index < -0.39 is 0 Å². The van der Waals surface area contributed by atoms with Crippen LogP contribution in [-0.2, 0) is 13.1 Å². The Morgan fingerprint density at radius 1 is 1.23 bits per heavy atom. The Hall–Kier alpha value is -2.38. The molecule has 134 valence electrons. The van der Waals surface area contributed by atoms with Gasteiger partial charge in [0, 0.05) is 16.6 Å². The Morgan fingerprint density at radius 2 is 2.04 bits per heavy atom. The zero-order valence-electron chi connectivity index (χ0n) is 13.9. The van der Waals surface area contributed by atoms with Crippen molar-refractivity contribution in [2.75, 3.05) is 0 Å². The number of aromatic nitrogens is 2. The first-order chi connectivity index (χ1) is 12.7. The molecule has 2 aromatic heterocycles. The number of nitrogens with one attached hydrogen (secondary N) is 1. The van der Waals surface area contributed by atoms with Crippen molar-refractivity contribution in [1.82, 2.24) is 20.4 Å². The van der Waals surface area contributed by atoms with Gasteiger partial charge in [-0.15, -0.1) is 10.2 Å². The van der Waals surface area contributed by atoms with Gasteiger partial charge < -0.3 is 19.1 Å². The number of hydrogen-bond donors (Lipinski definition) is 1. The molecule has 0 bridgehead atoms. The van der Waals surface area contributed by atoms with Crippen molar-refractivity contribution in [2.45, 2.75) is 32.0 Å². The lowest BCUT2D eigenvalue weighted by atomic mass is 10.2. The highest BCUT2D eigenvalue weighted by Crippen LogP contribution is 2.29. The van der Waals surface area contributed by atoms with Crippen LogP contribution >= 0.6 is 23.8 Å². The van der Waals surface area contributed by atoms with Gasteiger partial charge in [-0.2, -0.15) is 0 Å². The largest absolute Gasteiger partial charge is 0.467 e. The molecule has 0 unspecified atom stereocenters. The minimum Gasteiger partial charge on any atom is -0.467 e. The average molecular weight is 389 g/mol. The highest BCUT2D eigenvalue weighted by atomic mass is 35.5. The third-order valence-electron chi connectivity index (χ3n) is 4.11. The molecule has 2 heterocycles. The molecular formula is C18H17ClN4O2S. The smallest absolute Gasteiger partial charge is 0.247 e. The van der Waals surface area contributed by atoms with Crippen LogP contribution in [0.4, 0.5) is 0 Å². The molecule has 0 spiro atoms. The summed E-state index contributed by atoms with van der Waals surface area (Å²) in [5.74, 6) is 1.84. The number of hydrogen-bond acceptors (Lipinski definition) is 5. The topological polar surface area (TPSA) is 67.3 Å². The van der Waals surface area contributed by atoms with Gasteiger partial charge in [0.05, 0.1) is 19.4 Å². The first-order valence-corrected chi connectivity index (χ1v) is 9.13. The molecule has 0 amide bonds. The van der Waals surface area contributed by atoms with Crippen molar-refractivity contribution in [1.29, 1.82) is 0 Å². The predicted molar refractivity (Wildman–Crippen MR) is 101 cm³/mol. The molecule has 0 saturated heterocycles. The van der Waals surface area contributed by atoms with E-state index in [0.717, 1.165) is 24.2 Å². The normalized spacial score (nSPS) is 13.6. The van der Waals surface area contributed by atoms with Crippen LogP contribution in [0.3, 0.4) is 0 Å². The molecule has 3 aromatic rings. The number of nitrogens with zero attached hydrogens (tertiary/aromatic N) is 3. The second-order valence-corrected chi connectivity index (χ2v) is 6.93. The van der Waals surface area contributed by atoms with E-state index >= 15 is 0 Å². The van der Waals surface area contributed by atoms with Crippen LogP contribution in [0.25, 0.3) is 11.5 Å². The van der Waals surface area contributed by atoms with Crippen molar-refractivity contribution in [2.24, 2.45) is 0 Å². The van der Waals surface area contributed by atoms with Gasteiger partial charge in [0.25, 0.3) is 0 Å². The minimum atomic E-state index is 0.414. The van der Waals surface area contributed by atoms with Crippen molar-refractivity contribution in [3.8, 4) is 11.5 Å². The molecule has 1 fully saturated rings. The maximum atomic E-state index is 5.92. The summed E-state index contributed by atoms with van der Waals surface area (Å²) in [4.78, 5) is 2.09. The second-order valence-electron chi connectivity index (χ2n) is 6.10. The molecule has 1 aromatic carbocycles. The van der Waals surface area contributed by atoms with Crippen LogP contribution in [0, 0.1) is 0 Å². The second kappa shape index (κ2) is 7.47. The lowest BCUT2D eigenvalue weighted by Crippen LogP contribution is -2.40. The van der Waals surface area contributed by atoms with Gasteiger partial charge in [-0.25, -0.2) is 0 Å². The van der Waals surface area contributed by atoms with Crippen LogP contribution < -0.4 is 5.32 Å². The SMILES string of the molecule is S=C(NCc1ccco1)N(Cc1nnc(-c2ccc(Cl)cc2)o1)C1CC1. The number of thiocarbonyl (C=S) groups is 1. The lowest BCUT2D eigenvalue weighted by Gasteiger charge is -2.23. The fraction of sp³-hybridized carbons (Fsp3) is 0.278. The maximum absolute atomic E-state index is 5.92. The molecule has 26 heavy (non-hydrogen) atoms. The number of halogens is 1. The molecule has 8 heteroatoms. The summed E-state index contributed by atoms with van der Waals surface area (Å²) in [5, 5.41) is 12.9. The fourth-order valence-corrected chi connectivity index (χ4v) is 3.01. The van der Waals surface area contributed by atoms with Gasteiger partial charge in [0.15, 0.2) is 5.11 Å². The molecule has 1 saturated carbocycles. The van der Waals surface area contributed by atoms with Crippen LogP contribution in [-0.4, -0.2) is 26.3 Å². The lowest BCUT2D eigenvalue weighted by molar-refractivity contribution is 0.341. The van der Waals surface area contributed by atoms with E-state index in [9.17, 15) is 0 Å². The zero-order valence-corrected chi connectivity index (χ0v) is 15.5. The Kier molecular flexibility index (Phi) is 4.90. The summed E-state index contributed by atoms with van der Waals surface area (Å²) < 4.78 is 11.1. The van der Waals surface area contributed by atoms with E-state index in [1.807, 2.05) is 24.3 Å².